The van der Waals surface area contributed by atoms with Crippen molar-refractivity contribution in [2.75, 3.05) is 6.61 Å². The number of alkyl halides is 3. The Labute approximate surface area is 116 Å². The van der Waals surface area contributed by atoms with Crippen LogP contribution < -0.4 is 4.74 Å². The third kappa shape index (κ3) is 3.27. The molecule has 2 rings (SSSR count). The smallest absolute Gasteiger partial charge is 0.434 e. The van der Waals surface area contributed by atoms with E-state index in [1.807, 2.05) is 0 Å². The molecule has 0 saturated carbocycles. The highest BCUT2D eigenvalue weighted by atomic mass is 19.4. The van der Waals surface area contributed by atoms with Gasteiger partial charge in [-0.15, -0.1) is 0 Å². The van der Waals surface area contributed by atoms with Crippen LogP contribution in [0.25, 0.3) is 5.95 Å². The van der Waals surface area contributed by atoms with Gasteiger partial charge in [0.2, 0.25) is 0 Å². The summed E-state index contributed by atoms with van der Waals surface area (Å²) in [6.07, 6.45) is -2.81. The van der Waals surface area contributed by atoms with Crippen molar-refractivity contribution < 1.29 is 27.4 Å². The number of halogens is 3. The first-order valence-corrected chi connectivity index (χ1v) is 5.70. The summed E-state index contributed by atoms with van der Waals surface area (Å²) < 4.78 is 48.7. The van der Waals surface area contributed by atoms with E-state index in [1.54, 1.807) is 0 Å². The summed E-state index contributed by atoms with van der Waals surface area (Å²) in [4.78, 5) is 18.5. The number of ether oxygens (including phenoxy) is 2. The predicted octanol–water partition coefficient (Wildman–Crippen LogP) is 2.22. The molecule has 0 saturated heterocycles. The van der Waals surface area contributed by atoms with Crippen LogP contribution in [-0.2, 0) is 10.9 Å². The number of aromatic nitrogens is 4. The van der Waals surface area contributed by atoms with E-state index in [0.29, 0.717) is 4.68 Å². The van der Waals surface area contributed by atoms with Gasteiger partial charge in [-0.05, 0) is 13.0 Å². The van der Waals surface area contributed by atoms with Crippen molar-refractivity contribution in [1.29, 1.82) is 0 Å². The Morgan fingerprint density at radius 3 is 2.57 bits per heavy atom. The highest BCUT2D eigenvalue weighted by molar-refractivity contribution is 5.64. The number of carbonyl (C=O) groups is 1. The maximum Gasteiger partial charge on any atom is 0.513 e. The van der Waals surface area contributed by atoms with Gasteiger partial charge in [-0.25, -0.2) is 14.8 Å². The molecule has 0 aliphatic carbocycles. The quantitative estimate of drug-likeness (QED) is 0.809. The Morgan fingerprint density at radius 2 is 2.00 bits per heavy atom. The number of hydrogen-bond donors (Lipinski definition) is 0. The van der Waals surface area contributed by atoms with Crippen LogP contribution in [0, 0.1) is 0 Å². The van der Waals surface area contributed by atoms with Crippen molar-refractivity contribution in [2.24, 2.45) is 0 Å². The van der Waals surface area contributed by atoms with Crippen molar-refractivity contribution in [1.82, 2.24) is 19.7 Å². The minimum absolute atomic E-state index is 0.0316. The molecule has 2 aromatic rings. The summed E-state index contributed by atoms with van der Waals surface area (Å²) in [5, 5.41) is 3.50. The van der Waals surface area contributed by atoms with E-state index < -0.39 is 23.8 Å². The standard InChI is InChI=1S/C11H9F3N4O3/c1-2-20-10(19)21-7-6-17-18(8(7)11(12,13)14)9-15-4-3-5-16-9/h3-6H,2H2,1H3. The zero-order valence-electron chi connectivity index (χ0n) is 10.7. The van der Waals surface area contributed by atoms with Crippen LogP contribution in [0.1, 0.15) is 12.6 Å². The van der Waals surface area contributed by atoms with Crippen LogP contribution in [0.5, 0.6) is 5.75 Å². The van der Waals surface area contributed by atoms with Crippen LogP contribution in [0.2, 0.25) is 0 Å². The lowest BCUT2D eigenvalue weighted by Crippen LogP contribution is -2.18. The molecule has 0 radical (unpaired) electrons. The topological polar surface area (TPSA) is 79.1 Å². The van der Waals surface area contributed by atoms with Crippen molar-refractivity contribution in [2.45, 2.75) is 13.1 Å². The number of carbonyl (C=O) groups excluding carboxylic acids is 1. The molecule has 2 heterocycles. The van der Waals surface area contributed by atoms with Gasteiger partial charge in [-0.3, -0.25) is 0 Å². The molecule has 0 aliphatic heterocycles. The third-order valence-electron chi connectivity index (χ3n) is 2.20. The average Bonchev–Trinajstić information content (AvgIpc) is 2.83. The van der Waals surface area contributed by atoms with Gasteiger partial charge in [-0.1, -0.05) is 0 Å². The van der Waals surface area contributed by atoms with Crippen molar-refractivity contribution >= 4 is 6.16 Å². The van der Waals surface area contributed by atoms with Gasteiger partial charge in [0.25, 0.3) is 5.95 Å². The Hall–Kier alpha value is -2.65. The lowest BCUT2D eigenvalue weighted by Gasteiger charge is -2.10. The average molecular weight is 302 g/mol. The largest absolute Gasteiger partial charge is 0.513 e. The molecule has 0 atom stereocenters. The molecule has 0 aromatic carbocycles. The molecule has 0 bridgehead atoms. The first-order chi connectivity index (χ1) is 9.93. The second-order valence-corrected chi connectivity index (χ2v) is 3.60. The summed E-state index contributed by atoms with van der Waals surface area (Å²) in [6, 6.07) is 1.44. The minimum Gasteiger partial charge on any atom is -0.434 e. The van der Waals surface area contributed by atoms with Crippen LogP contribution in [0.4, 0.5) is 18.0 Å². The first-order valence-electron chi connectivity index (χ1n) is 5.70. The van der Waals surface area contributed by atoms with Gasteiger partial charge in [0.05, 0.1) is 12.8 Å². The maximum absolute atomic E-state index is 13.1. The SMILES string of the molecule is CCOC(=O)Oc1cnn(-c2ncccn2)c1C(F)(F)F. The second kappa shape index (κ2) is 5.77. The Bertz CT molecular complexity index is 627. The summed E-state index contributed by atoms with van der Waals surface area (Å²) in [6.45, 7) is 1.46. The zero-order chi connectivity index (χ0) is 15.5. The Morgan fingerprint density at radius 1 is 1.33 bits per heavy atom. The number of nitrogens with zero attached hydrogens (tertiary/aromatic N) is 4. The third-order valence-corrected chi connectivity index (χ3v) is 2.20. The van der Waals surface area contributed by atoms with Gasteiger partial charge < -0.3 is 9.47 Å². The molecule has 0 unspecified atom stereocenters. The summed E-state index contributed by atoms with van der Waals surface area (Å²) in [5.74, 6) is -1.09. The molecular formula is C11H9F3N4O3. The fourth-order valence-corrected chi connectivity index (χ4v) is 1.46. The lowest BCUT2D eigenvalue weighted by molar-refractivity contribution is -0.144. The molecule has 7 nitrogen and oxygen atoms in total. The molecule has 0 fully saturated rings. The fraction of sp³-hybridized carbons (Fsp3) is 0.273. The van der Waals surface area contributed by atoms with E-state index >= 15 is 0 Å². The van der Waals surface area contributed by atoms with E-state index in [9.17, 15) is 18.0 Å². The van der Waals surface area contributed by atoms with Crippen LogP contribution in [-0.4, -0.2) is 32.5 Å². The molecule has 2 aromatic heterocycles. The van der Waals surface area contributed by atoms with Crippen molar-refractivity contribution in [3.05, 3.63) is 30.4 Å². The van der Waals surface area contributed by atoms with Gasteiger partial charge in [0, 0.05) is 12.4 Å². The maximum atomic E-state index is 13.1. The molecule has 0 spiro atoms. The molecule has 21 heavy (non-hydrogen) atoms. The zero-order valence-corrected chi connectivity index (χ0v) is 10.7. The monoisotopic (exact) mass is 302 g/mol. The highest BCUT2D eigenvalue weighted by Gasteiger charge is 2.41. The second-order valence-electron chi connectivity index (χ2n) is 3.60. The Kier molecular flexibility index (Phi) is 4.05. The normalized spacial score (nSPS) is 11.2. The van der Waals surface area contributed by atoms with Crippen molar-refractivity contribution in [3.8, 4) is 11.7 Å². The van der Waals surface area contributed by atoms with E-state index in [4.69, 9.17) is 0 Å². The van der Waals surface area contributed by atoms with Crippen molar-refractivity contribution in [3.63, 3.8) is 0 Å². The molecule has 10 heteroatoms. The number of hydrogen-bond acceptors (Lipinski definition) is 6. The Balaban J connectivity index is 2.44. The molecule has 0 N–H and O–H groups in total. The van der Waals surface area contributed by atoms with Gasteiger partial charge in [-0.2, -0.15) is 23.0 Å². The van der Waals surface area contributed by atoms with E-state index in [1.165, 1.54) is 25.4 Å². The van der Waals surface area contributed by atoms with Gasteiger partial charge in [0.15, 0.2) is 11.4 Å². The molecular weight excluding hydrogens is 293 g/mol. The van der Waals surface area contributed by atoms with E-state index in [-0.39, 0.29) is 12.6 Å². The minimum atomic E-state index is -4.82. The predicted molar refractivity (Wildman–Crippen MR) is 61.8 cm³/mol. The van der Waals surface area contributed by atoms with E-state index in [0.717, 1.165) is 6.20 Å². The molecule has 112 valence electrons. The molecule has 0 aliphatic rings. The summed E-state index contributed by atoms with van der Waals surface area (Å²) in [7, 11) is 0. The lowest BCUT2D eigenvalue weighted by atomic mass is 10.4. The van der Waals surface area contributed by atoms with Crippen LogP contribution >= 0.6 is 0 Å². The van der Waals surface area contributed by atoms with E-state index in [2.05, 4.69) is 24.5 Å². The first kappa shape index (κ1) is 14.8. The van der Waals surface area contributed by atoms with Gasteiger partial charge in [0.1, 0.15) is 0 Å². The summed E-state index contributed by atoms with van der Waals surface area (Å²) in [5.41, 5.74) is -1.30. The summed E-state index contributed by atoms with van der Waals surface area (Å²) >= 11 is 0. The fourth-order valence-electron chi connectivity index (χ4n) is 1.46. The number of rotatable bonds is 3. The van der Waals surface area contributed by atoms with Gasteiger partial charge >= 0.3 is 12.3 Å². The molecule has 0 amide bonds. The van der Waals surface area contributed by atoms with Crippen LogP contribution in [0.15, 0.2) is 24.7 Å². The van der Waals surface area contributed by atoms with Crippen LogP contribution in [0.3, 0.4) is 0 Å². The highest BCUT2D eigenvalue weighted by Crippen LogP contribution is 2.37.